The zero-order chi connectivity index (χ0) is 13.7. The van der Waals surface area contributed by atoms with Crippen molar-refractivity contribution in [1.82, 2.24) is 4.98 Å². The van der Waals surface area contributed by atoms with E-state index in [9.17, 15) is 4.79 Å². The lowest BCUT2D eigenvalue weighted by atomic mass is 9.78. The SMILES string of the molecule is CCc1ccc(CC(=O)C2CCC(CC)CC2)nc1. The lowest BCUT2D eigenvalue weighted by Gasteiger charge is -2.26. The van der Waals surface area contributed by atoms with E-state index >= 15 is 0 Å². The summed E-state index contributed by atoms with van der Waals surface area (Å²) in [4.78, 5) is 16.7. The number of aryl methyl sites for hydroxylation is 1. The molecule has 0 radical (unpaired) electrons. The summed E-state index contributed by atoms with van der Waals surface area (Å²) in [5.41, 5.74) is 2.17. The molecular weight excluding hydrogens is 234 g/mol. The van der Waals surface area contributed by atoms with Crippen LogP contribution < -0.4 is 0 Å². The first kappa shape index (κ1) is 14.2. The van der Waals surface area contributed by atoms with Gasteiger partial charge in [-0.3, -0.25) is 9.78 Å². The number of hydrogen-bond donors (Lipinski definition) is 0. The molecule has 0 N–H and O–H groups in total. The molecule has 0 aromatic carbocycles. The average Bonchev–Trinajstić information content (AvgIpc) is 2.48. The van der Waals surface area contributed by atoms with Crippen molar-refractivity contribution in [1.29, 1.82) is 0 Å². The molecule has 0 saturated heterocycles. The van der Waals surface area contributed by atoms with Crippen LogP contribution in [0.5, 0.6) is 0 Å². The van der Waals surface area contributed by atoms with E-state index in [4.69, 9.17) is 0 Å². The molecule has 0 aliphatic heterocycles. The van der Waals surface area contributed by atoms with E-state index in [1.807, 2.05) is 12.3 Å². The van der Waals surface area contributed by atoms with E-state index in [0.717, 1.165) is 30.9 Å². The molecule has 1 aromatic heterocycles. The second-order valence-corrected chi connectivity index (χ2v) is 5.78. The topological polar surface area (TPSA) is 30.0 Å². The Hall–Kier alpha value is -1.18. The number of aromatic nitrogens is 1. The molecule has 1 saturated carbocycles. The van der Waals surface area contributed by atoms with E-state index in [-0.39, 0.29) is 5.92 Å². The maximum Gasteiger partial charge on any atom is 0.141 e. The minimum absolute atomic E-state index is 0.287. The minimum Gasteiger partial charge on any atom is -0.299 e. The van der Waals surface area contributed by atoms with E-state index in [1.54, 1.807) is 0 Å². The van der Waals surface area contributed by atoms with Crippen molar-refractivity contribution >= 4 is 5.78 Å². The zero-order valence-corrected chi connectivity index (χ0v) is 12.2. The fraction of sp³-hybridized carbons (Fsp3) is 0.647. The van der Waals surface area contributed by atoms with Crippen LogP contribution in [0.4, 0.5) is 0 Å². The lowest BCUT2D eigenvalue weighted by Crippen LogP contribution is -2.23. The van der Waals surface area contributed by atoms with Gasteiger partial charge in [0.1, 0.15) is 5.78 Å². The Morgan fingerprint density at radius 1 is 1.21 bits per heavy atom. The molecule has 19 heavy (non-hydrogen) atoms. The molecule has 2 rings (SSSR count). The Morgan fingerprint density at radius 2 is 1.95 bits per heavy atom. The number of rotatable bonds is 5. The van der Waals surface area contributed by atoms with Crippen molar-refractivity contribution in [3.05, 3.63) is 29.6 Å². The van der Waals surface area contributed by atoms with Gasteiger partial charge in [-0.25, -0.2) is 0 Å². The van der Waals surface area contributed by atoms with E-state index < -0.39 is 0 Å². The summed E-state index contributed by atoms with van der Waals surface area (Å²) in [6.07, 6.45) is 9.32. The fourth-order valence-electron chi connectivity index (χ4n) is 2.98. The second-order valence-electron chi connectivity index (χ2n) is 5.78. The summed E-state index contributed by atoms with van der Waals surface area (Å²) < 4.78 is 0. The Kier molecular flexibility index (Phi) is 5.12. The average molecular weight is 259 g/mol. The standard InChI is InChI=1S/C17H25NO/c1-3-13-5-8-15(9-6-13)17(19)11-16-10-7-14(4-2)12-18-16/h7,10,12-13,15H,3-6,8-9,11H2,1-2H3. The molecule has 2 nitrogen and oxygen atoms in total. The van der Waals surface area contributed by atoms with Crippen LogP contribution in [-0.4, -0.2) is 10.8 Å². The third-order valence-corrected chi connectivity index (χ3v) is 4.53. The van der Waals surface area contributed by atoms with Crippen LogP contribution >= 0.6 is 0 Å². The number of nitrogens with zero attached hydrogens (tertiary/aromatic N) is 1. The van der Waals surface area contributed by atoms with Gasteiger partial charge in [0.05, 0.1) is 0 Å². The van der Waals surface area contributed by atoms with Crippen molar-refractivity contribution in [3.63, 3.8) is 0 Å². The van der Waals surface area contributed by atoms with Gasteiger partial charge in [0.15, 0.2) is 0 Å². The molecule has 0 unspecified atom stereocenters. The van der Waals surface area contributed by atoms with Crippen LogP contribution in [0.1, 0.15) is 57.2 Å². The van der Waals surface area contributed by atoms with Gasteiger partial charge in [-0.05, 0) is 49.7 Å². The molecule has 0 atom stereocenters. The molecule has 0 spiro atoms. The Balaban J connectivity index is 1.86. The Morgan fingerprint density at radius 3 is 2.47 bits per heavy atom. The molecule has 104 valence electrons. The smallest absolute Gasteiger partial charge is 0.141 e. The van der Waals surface area contributed by atoms with Gasteiger partial charge in [-0.2, -0.15) is 0 Å². The summed E-state index contributed by atoms with van der Waals surface area (Å²) in [6.45, 7) is 4.38. The largest absolute Gasteiger partial charge is 0.299 e. The number of carbonyl (C=O) groups excluding carboxylic acids is 1. The molecule has 1 heterocycles. The first-order valence-corrected chi connectivity index (χ1v) is 7.69. The van der Waals surface area contributed by atoms with Gasteiger partial charge < -0.3 is 0 Å². The van der Waals surface area contributed by atoms with Crippen molar-refractivity contribution in [3.8, 4) is 0 Å². The highest BCUT2D eigenvalue weighted by molar-refractivity contribution is 5.82. The molecule has 0 bridgehead atoms. The molecule has 1 aliphatic carbocycles. The Bertz CT molecular complexity index is 402. The summed E-state index contributed by atoms with van der Waals surface area (Å²) in [6, 6.07) is 4.10. The summed E-state index contributed by atoms with van der Waals surface area (Å²) in [5.74, 6) is 1.53. The normalized spacial score (nSPS) is 23.3. The predicted molar refractivity (Wildman–Crippen MR) is 78.1 cm³/mol. The van der Waals surface area contributed by atoms with Crippen molar-refractivity contribution in [2.45, 2.75) is 58.8 Å². The molecule has 1 aromatic rings. The predicted octanol–water partition coefficient (Wildman–Crippen LogP) is 3.97. The minimum atomic E-state index is 0.287. The second kappa shape index (κ2) is 6.83. The first-order chi connectivity index (χ1) is 9.22. The number of ketones is 1. The molecule has 0 amide bonds. The van der Waals surface area contributed by atoms with Crippen LogP contribution in [0, 0.1) is 11.8 Å². The van der Waals surface area contributed by atoms with Gasteiger partial charge >= 0.3 is 0 Å². The van der Waals surface area contributed by atoms with Crippen molar-refractivity contribution in [2.75, 3.05) is 0 Å². The van der Waals surface area contributed by atoms with E-state index in [1.165, 1.54) is 24.8 Å². The van der Waals surface area contributed by atoms with Crippen molar-refractivity contribution < 1.29 is 4.79 Å². The number of Topliss-reactive ketones (excluding diaryl/α,β-unsaturated/α-hetero) is 1. The summed E-state index contributed by atoms with van der Waals surface area (Å²) in [7, 11) is 0. The fourth-order valence-corrected chi connectivity index (χ4v) is 2.98. The van der Waals surface area contributed by atoms with E-state index in [2.05, 4.69) is 24.9 Å². The first-order valence-electron chi connectivity index (χ1n) is 7.69. The lowest BCUT2D eigenvalue weighted by molar-refractivity contribution is -0.123. The van der Waals surface area contributed by atoms with Gasteiger partial charge in [0.25, 0.3) is 0 Å². The monoisotopic (exact) mass is 259 g/mol. The van der Waals surface area contributed by atoms with Crippen LogP contribution in [0.2, 0.25) is 0 Å². The van der Waals surface area contributed by atoms with Crippen LogP contribution in [0.15, 0.2) is 18.3 Å². The maximum atomic E-state index is 12.3. The van der Waals surface area contributed by atoms with Crippen molar-refractivity contribution in [2.24, 2.45) is 11.8 Å². The van der Waals surface area contributed by atoms with Gasteiger partial charge in [-0.1, -0.05) is 26.3 Å². The van der Waals surface area contributed by atoms with Gasteiger partial charge in [0.2, 0.25) is 0 Å². The molecule has 1 aliphatic rings. The third kappa shape index (κ3) is 3.89. The maximum absolute atomic E-state index is 12.3. The number of pyridine rings is 1. The van der Waals surface area contributed by atoms with Crippen LogP contribution in [0.3, 0.4) is 0 Å². The van der Waals surface area contributed by atoms with Crippen LogP contribution in [0.25, 0.3) is 0 Å². The third-order valence-electron chi connectivity index (χ3n) is 4.53. The van der Waals surface area contributed by atoms with Gasteiger partial charge in [0, 0.05) is 24.2 Å². The highest BCUT2D eigenvalue weighted by Gasteiger charge is 2.25. The number of carbonyl (C=O) groups is 1. The summed E-state index contributed by atoms with van der Waals surface area (Å²) >= 11 is 0. The molecule has 1 fully saturated rings. The molecule has 2 heteroatoms. The summed E-state index contributed by atoms with van der Waals surface area (Å²) in [5, 5.41) is 0. The van der Waals surface area contributed by atoms with Crippen LogP contribution in [-0.2, 0) is 17.6 Å². The zero-order valence-electron chi connectivity index (χ0n) is 12.2. The Labute approximate surface area is 116 Å². The molecular formula is C17H25NO. The van der Waals surface area contributed by atoms with E-state index in [0.29, 0.717) is 12.2 Å². The highest BCUT2D eigenvalue weighted by atomic mass is 16.1. The highest BCUT2D eigenvalue weighted by Crippen LogP contribution is 2.31. The van der Waals surface area contributed by atoms with Gasteiger partial charge in [-0.15, -0.1) is 0 Å². The number of hydrogen-bond acceptors (Lipinski definition) is 2. The quantitative estimate of drug-likeness (QED) is 0.800.